The standard InChI is InChI=1S/C73H85N13O4/c1-66(2,3)42-69(9,10)47-33-51(63(88)58(36-47)85-81-56-40-76-77-41-57(56)82-85)72(15,16)46-25-23-45(24-26-46)70(11,12)48-34-50(62(87)59(37-48)86-79-54-28-32-75-65(90)61(54)83-86)68(7,8)29-30-73(17,43-67(4,5)6)49-35-52(71(13,14)44-21-19-18-20-22-44)64(89)60(38-49)84-78-53-27-31-74-39-55(53)80-84/h18-28,31-41,87-89H,29-30,42-43H2,1-17H3,(H,75,90). The largest absolute Gasteiger partial charge is 0.505 e. The van der Waals surface area contributed by atoms with Gasteiger partial charge in [0.25, 0.3) is 0 Å². The number of rotatable bonds is 17. The number of aromatic nitrogens is 13. The Morgan fingerprint density at radius 3 is 1.36 bits per heavy atom. The molecule has 6 aromatic heterocycles. The number of hydrogen-bond acceptors (Lipinski definition) is 14. The zero-order valence-corrected chi connectivity index (χ0v) is 55.1. The fourth-order valence-corrected chi connectivity index (χ4v) is 13.8. The molecule has 0 aliphatic carbocycles. The summed E-state index contributed by atoms with van der Waals surface area (Å²) in [6.45, 7) is 37.6. The van der Waals surface area contributed by atoms with Crippen molar-refractivity contribution in [3.63, 3.8) is 0 Å². The SMILES string of the molecule is CC(C)(C)CC(C)(C)c1cc(-n2nc3cnncc3n2)c(O)c(C(C)(C)c2ccc(C(C)(C)c3cc(-n4nc5ccnc(O)c5n4)c(O)c(C(C)(C)CCC(C)(CC(C)(C)C)c4cc(-n5nc6ccncc6n5)c(O)c(C(C)(C)c5ccccc5)c4)c3)cc2)c1. The Morgan fingerprint density at radius 1 is 0.367 bits per heavy atom. The predicted molar refractivity (Wildman–Crippen MR) is 354 cm³/mol. The van der Waals surface area contributed by atoms with Crippen LogP contribution < -0.4 is 0 Å². The first kappa shape index (κ1) is 62.5. The Kier molecular flexibility index (Phi) is 15.4. The van der Waals surface area contributed by atoms with Gasteiger partial charge in [-0.3, -0.25) is 4.98 Å². The molecule has 1 atom stereocenters. The Hall–Kier alpha value is -9.12. The van der Waals surface area contributed by atoms with E-state index in [9.17, 15) is 20.4 Å². The highest BCUT2D eigenvalue weighted by Crippen LogP contribution is 2.51. The molecule has 0 saturated carbocycles. The van der Waals surface area contributed by atoms with Gasteiger partial charge in [-0.2, -0.15) is 10.2 Å². The van der Waals surface area contributed by atoms with Crippen molar-refractivity contribution in [3.8, 4) is 40.2 Å². The first-order chi connectivity index (χ1) is 42.1. The molecule has 5 aromatic carbocycles. The quantitative estimate of drug-likeness (QED) is 0.0666. The van der Waals surface area contributed by atoms with Crippen molar-refractivity contribution >= 4 is 33.1 Å². The van der Waals surface area contributed by atoms with Gasteiger partial charge in [0.1, 0.15) is 61.9 Å². The number of aromatic hydroxyl groups is 4. The average molecular weight is 1210 g/mol. The summed E-state index contributed by atoms with van der Waals surface area (Å²) in [5.74, 6) is -0.0596. The summed E-state index contributed by atoms with van der Waals surface area (Å²) < 4.78 is 0. The fraction of sp³-hybridized carbons (Fsp3) is 0.397. The van der Waals surface area contributed by atoms with Gasteiger partial charge in [-0.1, -0.05) is 190 Å². The molecule has 0 aliphatic rings. The van der Waals surface area contributed by atoms with E-state index in [-0.39, 0.29) is 44.9 Å². The topological polar surface area (TPSA) is 225 Å². The smallest absolute Gasteiger partial charge is 0.241 e. The zero-order chi connectivity index (χ0) is 64.9. The Labute approximate surface area is 527 Å². The van der Waals surface area contributed by atoms with Crippen LogP contribution in [-0.2, 0) is 32.5 Å². The third-order valence-corrected chi connectivity index (χ3v) is 18.8. The van der Waals surface area contributed by atoms with Crippen LogP contribution in [0, 0.1) is 10.8 Å². The van der Waals surface area contributed by atoms with E-state index < -0.39 is 27.1 Å². The van der Waals surface area contributed by atoms with Crippen molar-refractivity contribution in [1.82, 2.24) is 65.1 Å². The Morgan fingerprint density at radius 2 is 0.811 bits per heavy atom. The maximum Gasteiger partial charge on any atom is 0.241 e. The third-order valence-electron chi connectivity index (χ3n) is 18.8. The average Bonchev–Trinajstić information content (AvgIpc) is 1.15. The lowest BCUT2D eigenvalue weighted by Crippen LogP contribution is -2.32. The van der Waals surface area contributed by atoms with Crippen LogP contribution in [0.3, 0.4) is 0 Å². The van der Waals surface area contributed by atoms with E-state index >= 15 is 0 Å². The van der Waals surface area contributed by atoms with Crippen molar-refractivity contribution in [2.75, 3.05) is 0 Å². The van der Waals surface area contributed by atoms with Gasteiger partial charge in [0.05, 0.1) is 18.6 Å². The Balaban J connectivity index is 1.00. The molecule has 1 unspecified atom stereocenters. The summed E-state index contributed by atoms with van der Waals surface area (Å²) in [4.78, 5) is 12.8. The van der Waals surface area contributed by atoms with Crippen molar-refractivity contribution in [1.29, 1.82) is 0 Å². The number of fused-ring (bicyclic) bond motifs is 3. The van der Waals surface area contributed by atoms with Crippen LogP contribution in [0.5, 0.6) is 23.1 Å². The van der Waals surface area contributed by atoms with Crippen molar-refractivity contribution < 1.29 is 20.4 Å². The van der Waals surface area contributed by atoms with Gasteiger partial charge in [-0.15, -0.1) is 45.0 Å². The summed E-state index contributed by atoms with van der Waals surface area (Å²) in [6, 6.07) is 34.8. The number of phenols is 3. The number of phenolic OH excluding ortho intramolecular Hbond substituents is 3. The van der Waals surface area contributed by atoms with Crippen LogP contribution in [0.25, 0.3) is 50.2 Å². The van der Waals surface area contributed by atoms with Gasteiger partial charge >= 0.3 is 0 Å². The minimum atomic E-state index is -0.715. The van der Waals surface area contributed by atoms with Gasteiger partial charge in [-0.05, 0) is 116 Å². The van der Waals surface area contributed by atoms with E-state index in [4.69, 9.17) is 30.6 Å². The molecule has 466 valence electrons. The molecular weight excluding hydrogens is 1120 g/mol. The molecule has 0 radical (unpaired) electrons. The molecule has 0 fully saturated rings. The van der Waals surface area contributed by atoms with Crippen LogP contribution in [0.2, 0.25) is 0 Å². The number of benzene rings is 5. The molecule has 6 heterocycles. The lowest BCUT2D eigenvalue weighted by Gasteiger charge is -2.40. The van der Waals surface area contributed by atoms with Crippen LogP contribution in [-0.4, -0.2) is 85.6 Å². The lowest BCUT2D eigenvalue weighted by molar-refractivity contribution is 0.236. The van der Waals surface area contributed by atoms with E-state index in [0.29, 0.717) is 63.1 Å². The normalized spacial score (nSPS) is 13.8. The van der Waals surface area contributed by atoms with Crippen LogP contribution in [0.4, 0.5) is 0 Å². The molecule has 11 aromatic rings. The van der Waals surface area contributed by atoms with E-state index in [1.807, 2.05) is 36.4 Å². The van der Waals surface area contributed by atoms with E-state index in [2.05, 4.69) is 199 Å². The third kappa shape index (κ3) is 11.7. The van der Waals surface area contributed by atoms with Gasteiger partial charge in [0.15, 0.2) is 5.52 Å². The Bertz CT molecular complexity index is 4440. The minimum Gasteiger partial charge on any atom is -0.505 e. The second-order valence-corrected chi connectivity index (χ2v) is 30.4. The molecule has 17 heteroatoms. The monoisotopic (exact) mass is 1210 g/mol. The second-order valence-electron chi connectivity index (χ2n) is 30.4. The maximum atomic E-state index is 12.9. The van der Waals surface area contributed by atoms with Gasteiger partial charge in [-0.25, -0.2) is 4.98 Å². The summed E-state index contributed by atoms with van der Waals surface area (Å²) in [7, 11) is 0. The van der Waals surface area contributed by atoms with Crippen molar-refractivity contribution in [3.05, 3.63) is 184 Å². The van der Waals surface area contributed by atoms with E-state index in [1.54, 1.807) is 30.9 Å². The summed E-state index contributed by atoms with van der Waals surface area (Å²) in [6.07, 6.45) is 10.9. The lowest BCUT2D eigenvalue weighted by atomic mass is 9.64. The van der Waals surface area contributed by atoms with Gasteiger partial charge < -0.3 is 20.4 Å². The number of hydrogen-bond donors (Lipinski definition) is 4. The highest BCUT2D eigenvalue weighted by atomic mass is 16.3. The summed E-state index contributed by atoms with van der Waals surface area (Å²) in [5.41, 5.74) is 8.91. The van der Waals surface area contributed by atoms with E-state index in [1.165, 1.54) is 20.6 Å². The van der Waals surface area contributed by atoms with Crippen LogP contribution >= 0.6 is 0 Å². The highest BCUT2D eigenvalue weighted by molar-refractivity contribution is 5.79. The molecule has 4 N–H and O–H groups in total. The molecule has 0 spiro atoms. The molecule has 0 amide bonds. The van der Waals surface area contributed by atoms with Crippen LogP contribution in [0.15, 0.2) is 134 Å². The summed E-state index contributed by atoms with van der Waals surface area (Å²) >= 11 is 0. The molecule has 0 bridgehead atoms. The molecule has 11 rings (SSSR count). The fourth-order valence-electron chi connectivity index (χ4n) is 13.8. The number of pyridine rings is 2. The minimum absolute atomic E-state index is 0.0159. The number of nitrogens with zero attached hydrogens (tertiary/aromatic N) is 13. The zero-order valence-electron chi connectivity index (χ0n) is 55.1. The first-order valence-electron chi connectivity index (χ1n) is 31.0. The van der Waals surface area contributed by atoms with Crippen molar-refractivity contribution in [2.45, 2.75) is 176 Å². The van der Waals surface area contributed by atoms with Crippen LogP contribution in [0.1, 0.15) is 193 Å². The second kappa shape index (κ2) is 22.1. The predicted octanol–water partition coefficient (Wildman–Crippen LogP) is 15.4. The molecule has 17 nitrogen and oxygen atoms in total. The molecular formula is C73H85N13O4. The maximum absolute atomic E-state index is 12.9. The van der Waals surface area contributed by atoms with Gasteiger partial charge in [0.2, 0.25) is 5.88 Å². The summed E-state index contributed by atoms with van der Waals surface area (Å²) in [5, 5.41) is 85.6. The molecule has 0 aliphatic heterocycles. The van der Waals surface area contributed by atoms with Gasteiger partial charge in [0, 0.05) is 45.3 Å². The van der Waals surface area contributed by atoms with Crippen molar-refractivity contribution in [2.24, 2.45) is 10.8 Å². The van der Waals surface area contributed by atoms with E-state index in [0.717, 1.165) is 57.3 Å². The highest BCUT2D eigenvalue weighted by Gasteiger charge is 2.41. The molecule has 0 saturated heterocycles. The molecule has 90 heavy (non-hydrogen) atoms. The first-order valence-corrected chi connectivity index (χ1v) is 31.0.